The number of H-pyrrole nitrogens is 1. The number of carbonyl (C=O) groups excluding carboxylic acids is 1. The van der Waals surface area contributed by atoms with Gasteiger partial charge in [0.2, 0.25) is 0 Å². The van der Waals surface area contributed by atoms with Crippen molar-refractivity contribution >= 4 is 28.4 Å². The van der Waals surface area contributed by atoms with Crippen molar-refractivity contribution in [2.75, 3.05) is 63.4 Å². The number of rotatable bonds is 6. The Labute approximate surface area is 227 Å². The average Bonchev–Trinajstić information content (AvgIpc) is 3.41. The molecule has 2 aromatic heterocycles. The normalized spacial score (nSPS) is 20.2. The number of pyridine rings is 1. The van der Waals surface area contributed by atoms with Crippen LogP contribution in [0.2, 0.25) is 0 Å². The summed E-state index contributed by atoms with van der Waals surface area (Å²) in [6.07, 6.45) is 3.12. The highest BCUT2D eigenvalue weighted by Gasteiger charge is 2.30. The fourth-order valence-electron chi connectivity index (χ4n) is 5.70. The Balaban J connectivity index is 1.16. The van der Waals surface area contributed by atoms with E-state index in [2.05, 4.69) is 31.6 Å². The number of piperidine rings is 1. The predicted octanol–water partition coefficient (Wildman–Crippen LogP) is 3.28. The summed E-state index contributed by atoms with van der Waals surface area (Å²) in [6.45, 7) is 7.80. The number of benzene rings is 1. The molecule has 1 unspecified atom stereocenters. The molecule has 1 amide bonds. The second kappa shape index (κ2) is 11.1. The van der Waals surface area contributed by atoms with Gasteiger partial charge in [0.05, 0.1) is 29.9 Å². The van der Waals surface area contributed by atoms with Gasteiger partial charge in [0, 0.05) is 62.2 Å². The van der Waals surface area contributed by atoms with Crippen LogP contribution in [-0.2, 0) is 9.47 Å². The zero-order chi connectivity index (χ0) is 26.8. The number of hydrogen-bond donors (Lipinski definition) is 3. The number of carbonyl (C=O) groups is 1. The molecular formula is C28H33N7O4. The summed E-state index contributed by atoms with van der Waals surface area (Å²) < 4.78 is 17.1. The van der Waals surface area contributed by atoms with Crippen molar-refractivity contribution in [1.29, 1.82) is 5.26 Å². The van der Waals surface area contributed by atoms with Crippen molar-refractivity contribution < 1.29 is 19.0 Å². The van der Waals surface area contributed by atoms with Gasteiger partial charge in [-0.15, -0.1) is 0 Å². The smallest absolute Gasteiger partial charge is 0.253 e. The van der Waals surface area contributed by atoms with Crippen LogP contribution < -0.4 is 15.4 Å². The number of nitrogens with one attached hydrogen (secondary N) is 3. The number of anilines is 2. The third kappa shape index (κ3) is 5.11. The number of aromatic amines is 1. The topological polar surface area (TPSA) is 128 Å². The average molecular weight is 532 g/mol. The van der Waals surface area contributed by atoms with E-state index in [1.165, 1.54) is 0 Å². The molecule has 3 aliphatic rings. The number of ether oxygens (including phenoxy) is 3. The maximum absolute atomic E-state index is 13.3. The minimum absolute atomic E-state index is 0.0280. The van der Waals surface area contributed by atoms with Gasteiger partial charge in [-0.1, -0.05) is 0 Å². The van der Waals surface area contributed by atoms with E-state index in [1.54, 1.807) is 6.20 Å². The monoisotopic (exact) mass is 531 g/mol. The lowest BCUT2D eigenvalue weighted by molar-refractivity contribution is -0.0473. The van der Waals surface area contributed by atoms with Crippen LogP contribution in [0.15, 0.2) is 30.5 Å². The van der Waals surface area contributed by atoms with Gasteiger partial charge < -0.3 is 34.7 Å². The summed E-state index contributed by atoms with van der Waals surface area (Å²) in [5.74, 6) is 1.23. The van der Waals surface area contributed by atoms with E-state index < -0.39 is 6.23 Å². The minimum atomic E-state index is -0.507. The molecule has 3 N–H and O–H groups in total. The van der Waals surface area contributed by atoms with Crippen LogP contribution in [0.5, 0.6) is 5.75 Å². The van der Waals surface area contributed by atoms with Gasteiger partial charge in [0.15, 0.2) is 13.0 Å². The molecule has 1 atom stereocenters. The molecular weight excluding hydrogens is 498 g/mol. The summed E-state index contributed by atoms with van der Waals surface area (Å²) in [4.78, 5) is 25.5. The number of fused-ring (bicyclic) bond motifs is 2. The molecule has 3 aromatic rings. The molecule has 2 fully saturated rings. The molecule has 2 saturated heterocycles. The fraction of sp³-hybridized carbons (Fsp3) is 0.464. The largest absolute Gasteiger partial charge is 0.467 e. The Bertz CT molecular complexity index is 1390. The van der Waals surface area contributed by atoms with Crippen LogP contribution in [0.1, 0.15) is 47.5 Å². The van der Waals surface area contributed by atoms with Gasteiger partial charge in [0.1, 0.15) is 23.3 Å². The van der Waals surface area contributed by atoms with Crippen LogP contribution >= 0.6 is 0 Å². The first kappa shape index (κ1) is 25.4. The summed E-state index contributed by atoms with van der Waals surface area (Å²) in [5, 5.41) is 16.9. The zero-order valence-corrected chi connectivity index (χ0v) is 22.0. The fourth-order valence-corrected chi connectivity index (χ4v) is 5.70. The minimum Gasteiger partial charge on any atom is -0.467 e. The van der Waals surface area contributed by atoms with E-state index in [-0.39, 0.29) is 12.7 Å². The molecule has 6 rings (SSSR count). The third-order valence-electron chi connectivity index (χ3n) is 7.71. The molecule has 0 radical (unpaired) electrons. The van der Waals surface area contributed by atoms with Crippen molar-refractivity contribution in [2.24, 2.45) is 0 Å². The highest BCUT2D eigenvalue weighted by atomic mass is 16.7. The van der Waals surface area contributed by atoms with Gasteiger partial charge in [0.25, 0.3) is 5.91 Å². The van der Waals surface area contributed by atoms with Crippen molar-refractivity contribution in [2.45, 2.75) is 32.0 Å². The predicted molar refractivity (Wildman–Crippen MR) is 146 cm³/mol. The second-order valence-electron chi connectivity index (χ2n) is 10.0. The lowest BCUT2D eigenvalue weighted by Crippen LogP contribution is -2.50. The molecule has 0 saturated carbocycles. The zero-order valence-electron chi connectivity index (χ0n) is 22.0. The molecule has 0 bridgehead atoms. The molecule has 204 valence electrons. The van der Waals surface area contributed by atoms with E-state index >= 15 is 0 Å². The van der Waals surface area contributed by atoms with E-state index in [0.29, 0.717) is 40.9 Å². The van der Waals surface area contributed by atoms with Crippen molar-refractivity contribution in [1.82, 2.24) is 19.8 Å². The molecule has 11 nitrogen and oxygen atoms in total. The number of amides is 1. The lowest BCUT2D eigenvalue weighted by atomic mass is 10.0. The van der Waals surface area contributed by atoms with Gasteiger partial charge in [-0.3, -0.25) is 9.69 Å². The summed E-state index contributed by atoms with van der Waals surface area (Å²) in [7, 11) is 0. The number of likely N-dealkylation sites (tertiary alicyclic amines) is 1. The third-order valence-corrected chi connectivity index (χ3v) is 7.71. The molecule has 5 heterocycles. The van der Waals surface area contributed by atoms with Gasteiger partial charge in [-0.25, -0.2) is 4.98 Å². The Morgan fingerprint density at radius 3 is 2.79 bits per heavy atom. The van der Waals surface area contributed by atoms with Gasteiger partial charge >= 0.3 is 0 Å². The molecule has 1 aromatic carbocycles. The van der Waals surface area contributed by atoms with Crippen LogP contribution in [0.25, 0.3) is 11.0 Å². The first-order valence-corrected chi connectivity index (χ1v) is 13.6. The molecule has 11 heteroatoms. The van der Waals surface area contributed by atoms with Crippen molar-refractivity contribution in [3.8, 4) is 11.8 Å². The van der Waals surface area contributed by atoms with Gasteiger partial charge in [-0.2, -0.15) is 5.26 Å². The number of hydrogen-bond acceptors (Lipinski definition) is 9. The number of nitrogens with zero attached hydrogens (tertiary/aromatic N) is 4. The number of morpholine rings is 1. The lowest BCUT2D eigenvalue weighted by Gasteiger charge is -2.40. The quantitative estimate of drug-likeness (QED) is 0.439. The first-order chi connectivity index (χ1) is 19.1. The Kier molecular flexibility index (Phi) is 7.24. The van der Waals surface area contributed by atoms with Crippen LogP contribution in [0, 0.1) is 11.3 Å². The maximum atomic E-state index is 13.3. The number of aromatic nitrogens is 2. The Morgan fingerprint density at radius 2 is 2.03 bits per heavy atom. The Hall–Kier alpha value is -3.85. The summed E-state index contributed by atoms with van der Waals surface area (Å²) >= 11 is 0. The SMILES string of the molecule is CCNc1cc(NC2OCOc3cc(C(=O)N4CCC(N5CCOCC5)CC4)ccc32)nc2[nH]cc(C#N)c12. The molecule has 0 aliphatic carbocycles. The van der Waals surface area contributed by atoms with E-state index in [4.69, 9.17) is 14.2 Å². The Morgan fingerprint density at radius 1 is 1.21 bits per heavy atom. The van der Waals surface area contributed by atoms with Crippen LogP contribution in [-0.4, -0.2) is 84.4 Å². The van der Waals surface area contributed by atoms with Crippen LogP contribution in [0.3, 0.4) is 0 Å². The van der Waals surface area contributed by atoms with Gasteiger partial charge in [-0.05, 0) is 38.0 Å². The molecule has 0 spiro atoms. The van der Waals surface area contributed by atoms with Crippen LogP contribution in [0.4, 0.5) is 11.5 Å². The summed E-state index contributed by atoms with van der Waals surface area (Å²) in [6, 6.07) is 10.1. The van der Waals surface area contributed by atoms with E-state index in [9.17, 15) is 10.1 Å². The number of nitriles is 1. The molecule has 39 heavy (non-hydrogen) atoms. The van der Waals surface area contributed by atoms with E-state index in [1.807, 2.05) is 36.1 Å². The van der Waals surface area contributed by atoms with Crippen molar-refractivity contribution in [3.05, 3.63) is 47.2 Å². The standard InChI is InChI=1S/C28H33N7O4/c1-2-30-22-14-24(32-26-25(22)19(15-29)16-31-26)33-27-21-4-3-18(13-23(21)38-17-39-27)28(36)35-7-5-20(6-8-35)34-9-11-37-12-10-34/h3-4,13-14,16,20,27H,2,5-12,17H2,1H3,(H3,30,31,32,33). The van der Waals surface area contributed by atoms with E-state index in [0.717, 1.165) is 68.9 Å². The highest BCUT2D eigenvalue weighted by molar-refractivity contribution is 5.96. The van der Waals surface area contributed by atoms with Crippen molar-refractivity contribution in [3.63, 3.8) is 0 Å². The second-order valence-corrected chi connectivity index (χ2v) is 10.0. The first-order valence-electron chi connectivity index (χ1n) is 13.6. The maximum Gasteiger partial charge on any atom is 0.253 e. The molecule has 3 aliphatic heterocycles. The highest BCUT2D eigenvalue weighted by Crippen LogP contribution is 2.35. The summed E-state index contributed by atoms with van der Waals surface area (Å²) in [5.41, 5.74) is 3.37.